The van der Waals surface area contributed by atoms with Crippen LogP contribution in [0.1, 0.15) is 31.4 Å². The van der Waals surface area contributed by atoms with Crippen molar-refractivity contribution in [2.45, 2.75) is 25.8 Å². The lowest BCUT2D eigenvalue weighted by atomic mass is 9.89. The van der Waals surface area contributed by atoms with Crippen molar-refractivity contribution in [1.82, 2.24) is 5.32 Å². The molecule has 1 fully saturated rings. The van der Waals surface area contributed by atoms with E-state index in [4.69, 9.17) is 4.74 Å². The molecule has 0 radical (unpaired) electrons. The van der Waals surface area contributed by atoms with E-state index in [1.54, 1.807) is 6.07 Å². The Morgan fingerprint density at radius 2 is 2.05 bits per heavy atom. The van der Waals surface area contributed by atoms with Crippen molar-refractivity contribution < 1.29 is 9.13 Å². The average molecular weight is 287 g/mol. The molecule has 0 spiro atoms. The molecular formula is C18H22FNO. The number of fused-ring (bicyclic) bond motifs is 1. The summed E-state index contributed by atoms with van der Waals surface area (Å²) in [6.45, 7) is 4.74. The van der Waals surface area contributed by atoms with Crippen molar-refractivity contribution in [3.63, 3.8) is 0 Å². The molecule has 2 aromatic carbocycles. The maximum Gasteiger partial charge on any atom is 0.131 e. The van der Waals surface area contributed by atoms with E-state index < -0.39 is 0 Å². The zero-order valence-electron chi connectivity index (χ0n) is 12.4. The predicted octanol–water partition coefficient (Wildman–Crippen LogP) is 4.06. The zero-order valence-corrected chi connectivity index (χ0v) is 12.4. The van der Waals surface area contributed by atoms with Gasteiger partial charge in [-0.05, 0) is 36.4 Å². The number of ether oxygens (including phenoxy) is 1. The van der Waals surface area contributed by atoms with Crippen molar-refractivity contribution >= 4 is 10.8 Å². The van der Waals surface area contributed by atoms with Crippen molar-refractivity contribution in [2.75, 3.05) is 19.8 Å². The molecule has 2 atom stereocenters. The van der Waals surface area contributed by atoms with Crippen LogP contribution in [0.2, 0.25) is 0 Å². The second kappa shape index (κ2) is 6.54. The topological polar surface area (TPSA) is 21.3 Å². The first-order valence-electron chi connectivity index (χ1n) is 7.79. The van der Waals surface area contributed by atoms with Crippen LogP contribution in [0, 0.1) is 11.7 Å². The van der Waals surface area contributed by atoms with Crippen LogP contribution < -0.4 is 5.32 Å². The highest BCUT2D eigenvalue weighted by molar-refractivity contribution is 5.86. The van der Waals surface area contributed by atoms with Crippen molar-refractivity contribution in [3.05, 3.63) is 47.8 Å². The standard InChI is InChI=1S/C18H22FNO/c1-2-10-20-18(13-9-11-21-12-13)16-7-8-17(19)15-6-4-3-5-14(15)16/h3-8,13,18,20H,2,9-12H2,1H3. The Bertz CT molecular complexity index is 607. The van der Waals surface area contributed by atoms with E-state index in [9.17, 15) is 4.39 Å². The summed E-state index contributed by atoms with van der Waals surface area (Å²) in [6, 6.07) is 11.5. The molecule has 0 saturated carbocycles. The van der Waals surface area contributed by atoms with Crippen LogP contribution in [0.15, 0.2) is 36.4 Å². The molecule has 3 heteroatoms. The van der Waals surface area contributed by atoms with Crippen LogP contribution in [0.4, 0.5) is 4.39 Å². The van der Waals surface area contributed by atoms with Gasteiger partial charge in [0, 0.05) is 24.0 Å². The Labute approximate surface area is 125 Å². The van der Waals surface area contributed by atoms with Gasteiger partial charge >= 0.3 is 0 Å². The van der Waals surface area contributed by atoms with E-state index in [0.717, 1.165) is 38.0 Å². The van der Waals surface area contributed by atoms with E-state index in [1.807, 2.05) is 30.3 Å². The highest BCUT2D eigenvalue weighted by atomic mass is 19.1. The van der Waals surface area contributed by atoms with E-state index in [-0.39, 0.29) is 11.9 Å². The van der Waals surface area contributed by atoms with Gasteiger partial charge in [-0.15, -0.1) is 0 Å². The van der Waals surface area contributed by atoms with Crippen molar-refractivity contribution in [3.8, 4) is 0 Å². The third-order valence-corrected chi connectivity index (χ3v) is 4.29. The number of hydrogen-bond donors (Lipinski definition) is 1. The minimum atomic E-state index is -0.147. The molecule has 1 saturated heterocycles. The fraction of sp³-hybridized carbons (Fsp3) is 0.444. The van der Waals surface area contributed by atoms with Gasteiger partial charge in [-0.1, -0.05) is 37.3 Å². The first kappa shape index (κ1) is 14.5. The van der Waals surface area contributed by atoms with Crippen LogP contribution >= 0.6 is 0 Å². The summed E-state index contributed by atoms with van der Waals surface area (Å²) in [5, 5.41) is 5.35. The van der Waals surface area contributed by atoms with Gasteiger partial charge in [0.05, 0.1) is 6.61 Å². The van der Waals surface area contributed by atoms with Crippen LogP contribution in [0.3, 0.4) is 0 Å². The lowest BCUT2D eigenvalue weighted by molar-refractivity contribution is 0.177. The summed E-state index contributed by atoms with van der Waals surface area (Å²) in [5.74, 6) is 0.316. The summed E-state index contributed by atoms with van der Waals surface area (Å²) < 4.78 is 19.6. The van der Waals surface area contributed by atoms with E-state index in [1.165, 1.54) is 5.56 Å². The summed E-state index contributed by atoms with van der Waals surface area (Å²) in [4.78, 5) is 0. The molecule has 1 N–H and O–H groups in total. The second-order valence-electron chi connectivity index (χ2n) is 5.74. The molecule has 3 rings (SSSR count). The summed E-state index contributed by atoms with van der Waals surface area (Å²) in [6.07, 6.45) is 2.15. The van der Waals surface area contributed by atoms with Crippen molar-refractivity contribution in [2.24, 2.45) is 5.92 Å². The minimum Gasteiger partial charge on any atom is -0.381 e. The van der Waals surface area contributed by atoms with Gasteiger partial charge in [-0.3, -0.25) is 0 Å². The molecule has 0 bridgehead atoms. The quantitative estimate of drug-likeness (QED) is 0.895. The third-order valence-electron chi connectivity index (χ3n) is 4.29. The Morgan fingerprint density at radius 1 is 1.24 bits per heavy atom. The van der Waals surface area contributed by atoms with Gasteiger partial charge in [0.25, 0.3) is 0 Å². The normalized spacial score (nSPS) is 20.0. The molecular weight excluding hydrogens is 265 g/mol. The first-order valence-corrected chi connectivity index (χ1v) is 7.79. The first-order chi connectivity index (χ1) is 10.3. The minimum absolute atomic E-state index is 0.147. The average Bonchev–Trinajstić information content (AvgIpc) is 3.04. The highest BCUT2D eigenvalue weighted by Gasteiger charge is 2.28. The summed E-state index contributed by atoms with van der Waals surface area (Å²) >= 11 is 0. The zero-order chi connectivity index (χ0) is 14.7. The molecule has 21 heavy (non-hydrogen) atoms. The van der Waals surface area contributed by atoms with Crippen molar-refractivity contribution in [1.29, 1.82) is 0 Å². The van der Waals surface area contributed by atoms with Gasteiger partial charge in [0.15, 0.2) is 0 Å². The van der Waals surface area contributed by atoms with Crippen LogP contribution in [0.5, 0.6) is 0 Å². The highest BCUT2D eigenvalue weighted by Crippen LogP contribution is 2.34. The summed E-state index contributed by atoms with van der Waals surface area (Å²) in [5.41, 5.74) is 1.19. The molecule has 112 valence electrons. The summed E-state index contributed by atoms with van der Waals surface area (Å²) in [7, 11) is 0. The lowest BCUT2D eigenvalue weighted by Crippen LogP contribution is -2.29. The van der Waals surface area contributed by atoms with Gasteiger partial charge < -0.3 is 10.1 Å². The maximum absolute atomic E-state index is 14.0. The number of rotatable bonds is 5. The number of halogens is 1. The maximum atomic E-state index is 14.0. The molecule has 1 aliphatic heterocycles. The molecule has 2 nitrogen and oxygen atoms in total. The Balaban J connectivity index is 2.03. The fourth-order valence-electron chi connectivity index (χ4n) is 3.20. The van der Waals surface area contributed by atoms with E-state index in [0.29, 0.717) is 11.3 Å². The monoisotopic (exact) mass is 287 g/mol. The number of nitrogens with one attached hydrogen (secondary N) is 1. The largest absolute Gasteiger partial charge is 0.381 e. The van der Waals surface area contributed by atoms with E-state index >= 15 is 0 Å². The van der Waals surface area contributed by atoms with Gasteiger partial charge in [-0.25, -0.2) is 4.39 Å². The van der Waals surface area contributed by atoms with Gasteiger partial charge in [0.2, 0.25) is 0 Å². The smallest absolute Gasteiger partial charge is 0.131 e. The lowest BCUT2D eigenvalue weighted by Gasteiger charge is -2.25. The molecule has 1 aliphatic rings. The Morgan fingerprint density at radius 3 is 2.76 bits per heavy atom. The number of hydrogen-bond acceptors (Lipinski definition) is 2. The fourth-order valence-corrected chi connectivity index (χ4v) is 3.20. The molecule has 0 amide bonds. The third kappa shape index (κ3) is 2.94. The number of benzene rings is 2. The Kier molecular flexibility index (Phi) is 4.51. The molecule has 0 aliphatic carbocycles. The Hall–Kier alpha value is -1.45. The predicted molar refractivity (Wildman–Crippen MR) is 83.9 cm³/mol. The van der Waals surface area contributed by atoms with Crippen LogP contribution in [-0.4, -0.2) is 19.8 Å². The van der Waals surface area contributed by atoms with E-state index in [2.05, 4.69) is 12.2 Å². The second-order valence-corrected chi connectivity index (χ2v) is 5.74. The van der Waals surface area contributed by atoms with Crippen LogP contribution in [-0.2, 0) is 4.74 Å². The molecule has 2 unspecified atom stereocenters. The van der Waals surface area contributed by atoms with Gasteiger partial charge in [-0.2, -0.15) is 0 Å². The van der Waals surface area contributed by atoms with Gasteiger partial charge in [0.1, 0.15) is 5.82 Å². The molecule has 0 aromatic heterocycles. The molecule has 1 heterocycles. The SMILES string of the molecule is CCCNC(c1ccc(F)c2ccccc12)C1CCOC1. The van der Waals surface area contributed by atoms with Crippen LogP contribution in [0.25, 0.3) is 10.8 Å². The molecule has 2 aromatic rings.